The molecule has 2 heteroatoms. The standard InChI is InChI=1S/C10H19O2/c1-3-5-10(6-4-2)7-8-12-9-11/h10H,3-8H2,1-2H3. The van der Waals surface area contributed by atoms with Crippen molar-refractivity contribution in [2.45, 2.75) is 46.0 Å². The van der Waals surface area contributed by atoms with Crippen LogP contribution >= 0.6 is 0 Å². The minimum atomic E-state index is 0.536. The SMILES string of the molecule is CCCC(CCC)CCO[C]=O. The topological polar surface area (TPSA) is 26.3 Å². The van der Waals surface area contributed by atoms with Crippen LogP contribution in [-0.2, 0) is 9.53 Å². The third-order valence-corrected chi connectivity index (χ3v) is 2.08. The molecule has 0 saturated carbocycles. The maximum Gasteiger partial charge on any atom is 0.417 e. The summed E-state index contributed by atoms with van der Waals surface area (Å²) in [6.07, 6.45) is 5.92. The van der Waals surface area contributed by atoms with Crippen molar-refractivity contribution >= 4 is 6.47 Å². The lowest BCUT2D eigenvalue weighted by Crippen LogP contribution is -2.04. The molecule has 0 bridgehead atoms. The van der Waals surface area contributed by atoms with E-state index < -0.39 is 0 Å². The van der Waals surface area contributed by atoms with Crippen molar-refractivity contribution in [3.8, 4) is 0 Å². The number of hydrogen-bond acceptors (Lipinski definition) is 2. The maximum absolute atomic E-state index is 9.75. The van der Waals surface area contributed by atoms with Crippen molar-refractivity contribution in [3.63, 3.8) is 0 Å². The first-order valence-corrected chi connectivity index (χ1v) is 4.84. The number of hydrogen-bond donors (Lipinski definition) is 0. The molecular weight excluding hydrogens is 152 g/mol. The van der Waals surface area contributed by atoms with Crippen LogP contribution in [0, 0.1) is 5.92 Å². The first-order chi connectivity index (χ1) is 5.85. The van der Waals surface area contributed by atoms with Crippen LogP contribution in [0.15, 0.2) is 0 Å². The fourth-order valence-electron chi connectivity index (χ4n) is 1.52. The molecule has 0 aromatic carbocycles. The average Bonchev–Trinajstić information content (AvgIpc) is 2.06. The van der Waals surface area contributed by atoms with Gasteiger partial charge in [0.25, 0.3) is 0 Å². The summed E-state index contributed by atoms with van der Waals surface area (Å²) >= 11 is 0. The van der Waals surface area contributed by atoms with Crippen LogP contribution in [-0.4, -0.2) is 13.1 Å². The summed E-state index contributed by atoms with van der Waals surface area (Å²) in [7, 11) is 0. The Kier molecular flexibility index (Phi) is 8.19. The predicted molar refractivity (Wildman–Crippen MR) is 49.6 cm³/mol. The number of carbonyl (C=O) groups excluding carboxylic acids is 1. The Hall–Kier alpha value is -0.530. The van der Waals surface area contributed by atoms with Crippen molar-refractivity contribution < 1.29 is 9.53 Å². The fraction of sp³-hybridized carbons (Fsp3) is 0.900. The van der Waals surface area contributed by atoms with Gasteiger partial charge in [0.2, 0.25) is 0 Å². The van der Waals surface area contributed by atoms with Crippen molar-refractivity contribution in [1.29, 1.82) is 0 Å². The highest BCUT2D eigenvalue weighted by molar-refractivity contribution is 5.37. The molecule has 0 aliphatic carbocycles. The van der Waals surface area contributed by atoms with Crippen molar-refractivity contribution in [1.82, 2.24) is 0 Å². The smallest absolute Gasteiger partial charge is 0.417 e. The quantitative estimate of drug-likeness (QED) is 0.525. The van der Waals surface area contributed by atoms with Gasteiger partial charge in [0.1, 0.15) is 0 Å². The van der Waals surface area contributed by atoms with Gasteiger partial charge in [0, 0.05) is 0 Å². The third-order valence-electron chi connectivity index (χ3n) is 2.08. The van der Waals surface area contributed by atoms with Gasteiger partial charge in [-0.3, -0.25) is 0 Å². The molecule has 0 unspecified atom stereocenters. The Morgan fingerprint density at radius 2 is 1.75 bits per heavy atom. The Labute approximate surface area is 75.3 Å². The lowest BCUT2D eigenvalue weighted by Gasteiger charge is -2.13. The van der Waals surface area contributed by atoms with Crippen LogP contribution in [0.2, 0.25) is 0 Å². The van der Waals surface area contributed by atoms with E-state index in [2.05, 4.69) is 18.6 Å². The molecule has 0 aliphatic rings. The van der Waals surface area contributed by atoms with Gasteiger partial charge >= 0.3 is 6.47 Å². The molecule has 0 heterocycles. The van der Waals surface area contributed by atoms with Crippen molar-refractivity contribution in [3.05, 3.63) is 0 Å². The van der Waals surface area contributed by atoms with E-state index in [1.165, 1.54) is 32.2 Å². The lowest BCUT2D eigenvalue weighted by atomic mass is 9.95. The van der Waals surface area contributed by atoms with Gasteiger partial charge < -0.3 is 4.74 Å². The van der Waals surface area contributed by atoms with E-state index >= 15 is 0 Å². The molecule has 12 heavy (non-hydrogen) atoms. The van der Waals surface area contributed by atoms with E-state index in [-0.39, 0.29) is 0 Å². The van der Waals surface area contributed by atoms with Crippen LogP contribution in [0.4, 0.5) is 0 Å². The molecular formula is C10H19O2. The van der Waals surface area contributed by atoms with Crippen LogP contribution in [0.3, 0.4) is 0 Å². The predicted octanol–water partition coefficient (Wildman–Crippen LogP) is 2.68. The fourth-order valence-corrected chi connectivity index (χ4v) is 1.52. The Bertz CT molecular complexity index is 96.0. The molecule has 0 aromatic heterocycles. The highest BCUT2D eigenvalue weighted by Gasteiger charge is 2.05. The van der Waals surface area contributed by atoms with Gasteiger partial charge in [-0.25, -0.2) is 4.79 Å². The zero-order valence-corrected chi connectivity index (χ0v) is 8.14. The second-order valence-electron chi connectivity index (χ2n) is 3.16. The molecule has 0 amide bonds. The van der Waals surface area contributed by atoms with Crippen LogP contribution in [0.1, 0.15) is 46.0 Å². The highest BCUT2D eigenvalue weighted by Crippen LogP contribution is 2.16. The summed E-state index contributed by atoms with van der Waals surface area (Å²) in [6, 6.07) is 0. The van der Waals surface area contributed by atoms with E-state index in [0.29, 0.717) is 6.61 Å². The second kappa shape index (κ2) is 8.57. The number of ether oxygens (including phenoxy) is 1. The summed E-state index contributed by atoms with van der Waals surface area (Å²) in [4.78, 5) is 9.75. The summed E-state index contributed by atoms with van der Waals surface area (Å²) in [5.41, 5.74) is 0. The first-order valence-electron chi connectivity index (χ1n) is 4.84. The summed E-state index contributed by atoms with van der Waals surface area (Å²) in [6.45, 7) is 6.37. The highest BCUT2D eigenvalue weighted by atomic mass is 16.5. The second-order valence-corrected chi connectivity index (χ2v) is 3.16. The summed E-state index contributed by atoms with van der Waals surface area (Å²) in [5, 5.41) is 0. The maximum atomic E-state index is 9.75. The summed E-state index contributed by atoms with van der Waals surface area (Å²) in [5.74, 6) is 0.730. The molecule has 0 rings (SSSR count). The van der Waals surface area contributed by atoms with Gasteiger partial charge in [-0.2, -0.15) is 0 Å². The van der Waals surface area contributed by atoms with Gasteiger partial charge in [0.15, 0.2) is 0 Å². The summed E-state index contributed by atoms with van der Waals surface area (Å²) < 4.78 is 4.55. The monoisotopic (exact) mass is 171 g/mol. The van der Waals surface area contributed by atoms with Crippen LogP contribution in [0.5, 0.6) is 0 Å². The van der Waals surface area contributed by atoms with Gasteiger partial charge in [-0.15, -0.1) is 0 Å². The normalized spacial score (nSPS) is 10.2. The third kappa shape index (κ3) is 6.20. The van der Waals surface area contributed by atoms with Crippen LogP contribution in [0.25, 0.3) is 0 Å². The van der Waals surface area contributed by atoms with Gasteiger partial charge in [0.05, 0.1) is 6.61 Å². The number of rotatable bonds is 8. The minimum absolute atomic E-state index is 0.536. The molecule has 0 aromatic rings. The van der Waals surface area contributed by atoms with E-state index in [1.807, 2.05) is 0 Å². The van der Waals surface area contributed by atoms with Crippen LogP contribution < -0.4 is 0 Å². The molecule has 0 atom stereocenters. The molecule has 71 valence electrons. The van der Waals surface area contributed by atoms with E-state index in [4.69, 9.17) is 0 Å². The Balaban J connectivity index is 3.40. The first kappa shape index (κ1) is 11.5. The van der Waals surface area contributed by atoms with Crippen molar-refractivity contribution in [2.75, 3.05) is 6.61 Å². The zero-order chi connectivity index (χ0) is 9.23. The van der Waals surface area contributed by atoms with E-state index in [0.717, 1.165) is 12.3 Å². The van der Waals surface area contributed by atoms with Gasteiger partial charge in [-0.05, 0) is 12.3 Å². The Morgan fingerprint density at radius 1 is 1.17 bits per heavy atom. The Morgan fingerprint density at radius 3 is 2.17 bits per heavy atom. The molecule has 2 nitrogen and oxygen atoms in total. The largest absolute Gasteiger partial charge is 0.457 e. The molecule has 0 fully saturated rings. The molecule has 1 radical (unpaired) electrons. The lowest BCUT2D eigenvalue weighted by molar-refractivity contribution is 0.239. The molecule has 0 N–H and O–H groups in total. The molecule has 0 spiro atoms. The van der Waals surface area contributed by atoms with Crippen molar-refractivity contribution in [2.24, 2.45) is 5.92 Å². The minimum Gasteiger partial charge on any atom is -0.457 e. The molecule has 0 aliphatic heterocycles. The average molecular weight is 171 g/mol. The van der Waals surface area contributed by atoms with E-state index in [9.17, 15) is 4.79 Å². The van der Waals surface area contributed by atoms with E-state index in [1.54, 1.807) is 0 Å². The van der Waals surface area contributed by atoms with Gasteiger partial charge in [-0.1, -0.05) is 39.5 Å². The zero-order valence-electron chi connectivity index (χ0n) is 8.14. The molecule has 0 saturated heterocycles.